The van der Waals surface area contributed by atoms with E-state index in [4.69, 9.17) is 14.2 Å². The molecule has 0 amide bonds. The molecule has 0 saturated heterocycles. The summed E-state index contributed by atoms with van der Waals surface area (Å²) < 4.78 is 15.7. The second kappa shape index (κ2) is 6.24. The molecule has 0 saturated carbocycles. The van der Waals surface area contributed by atoms with Gasteiger partial charge in [-0.15, -0.1) is 0 Å². The van der Waals surface area contributed by atoms with Crippen LogP contribution in [-0.2, 0) is 4.74 Å². The Morgan fingerprint density at radius 3 is 2.67 bits per heavy atom. The lowest BCUT2D eigenvalue weighted by atomic mass is 10.4. The first-order valence-corrected chi connectivity index (χ1v) is 5.05. The summed E-state index contributed by atoms with van der Waals surface area (Å²) in [6.07, 6.45) is 1.75. The van der Waals surface area contributed by atoms with Crippen LogP contribution in [0.4, 0.5) is 0 Å². The molecular weight excluding hydrogens is 194 g/mol. The fourth-order valence-corrected chi connectivity index (χ4v) is 0.956. The van der Waals surface area contributed by atoms with E-state index < -0.39 is 0 Å². The molecule has 1 heterocycles. The Hall–Kier alpha value is -1.29. The molecule has 1 aromatic heterocycles. The van der Waals surface area contributed by atoms with Crippen LogP contribution in [-0.4, -0.2) is 24.5 Å². The van der Waals surface area contributed by atoms with E-state index in [1.54, 1.807) is 12.3 Å². The second-order valence-corrected chi connectivity index (χ2v) is 3.25. The van der Waals surface area contributed by atoms with Crippen molar-refractivity contribution in [2.75, 3.05) is 13.4 Å². The van der Waals surface area contributed by atoms with Crippen molar-refractivity contribution in [1.29, 1.82) is 0 Å². The summed E-state index contributed by atoms with van der Waals surface area (Å²) in [5.41, 5.74) is 0. The molecule has 0 aliphatic carbocycles. The second-order valence-electron chi connectivity index (χ2n) is 3.25. The first-order chi connectivity index (χ1) is 7.22. The Balaban J connectivity index is 2.42. The summed E-state index contributed by atoms with van der Waals surface area (Å²) in [6.45, 7) is 6.73. The molecule has 0 aromatic carbocycles. The van der Waals surface area contributed by atoms with Gasteiger partial charge >= 0.3 is 0 Å². The minimum absolute atomic E-state index is 0.132. The Morgan fingerprint density at radius 1 is 1.33 bits per heavy atom. The Kier molecular flexibility index (Phi) is 4.90. The van der Waals surface area contributed by atoms with Gasteiger partial charge in [0.25, 0.3) is 0 Å². The maximum atomic E-state index is 5.40. The molecule has 0 fully saturated rings. The summed E-state index contributed by atoms with van der Waals surface area (Å²) in [5, 5.41) is 0. The highest BCUT2D eigenvalue weighted by Crippen LogP contribution is 2.14. The first-order valence-electron chi connectivity index (χ1n) is 5.05. The summed E-state index contributed by atoms with van der Waals surface area (Å²) in [4.78, 5) is 4.09. The highest BCUT2D eigenvalue weighted by atomic mass is 16.7. The Morgan fingerprint density at radius 2 is 2.13 bits per heavy atom. The van der Waals surface area contributed by atoms with Crippen molar-refractivity contribution >= 4 is 0 Å². The molecule has 0 aliphatic heterocycles. The lowest BCUT2D eigenvalue weighted by molar-refractivity contribution is 0.0221. The van der Waals surface area contributed by atoms with Crippen molar-refractivity contribution in [2.24, 2.45) is 0 Å². The normalized spacial score (nSPS) is 10.4. The fourth-order valence-electron chi connectivity index (χ4n) is 0.956. The van der Waals surface area contributed by atoms with E-state index in [0.29, 0.717) is 18.2 Å². The van der Waals surface area contributed by atoms with E-state index in [0.717, 1.165) is 0 Å². The van der Waals surface area contributed by atoms with Gasteiger partial charge in [-0.1, -0.05) is 0 Å². The maximum absolute atomic E-state index is 5.40. The molecule has 0 unspecified atom stereocenters. The van der Waals surface area contributed by atoms with Crippen molar-refractivity contribution in [3.63, 3.8) is 0 Å². The van der Waals surface area contributed by atoms with E-state index in [1.165, 1.54) is 0 Å². The molecule has 1 aromatic rings. The molecule has 4 heteroatoms. The standard InChI is InChI=1S/C11H17NO3/c1-4-13-8-14-10-5-6-11(12-7-10)15-9(2)3/h5-7,9H,4,8H2,1-3H3. The zero-order valence-electron chi connectivity index (χ0n) is 9.40. The molecule has 4 nitrogen and oxygen atoms in total. The van der Waals surface area contributed by atoms with Crippen LogP contribution in [0.25, 0.3) is 0 Å². The largest absolute Gasteiger partial charge is 0.475 e. The monoisotopic (exact) mass is 211 g/mol. The van der Waals surface area contributed by atoms with Gasteiger partial charge in [-0.25, -0.2) is 4.98 Å². The van der Waals surface area contributed by atoms with Crippen LogP contribution in [0, 0.1) is 0 Å². The van der Waals surface area contributed by atoms with Crippen LogP contribution in [0.2, 0.25) is 0 Å². The number of rotatable bonds is 6. The minimum atomic E-state index is 0.132. The summed E-state index contributed by atoms with van der Waals surface area (Å²) in [6, 6.07) is 3.59. The number of pyridine rings is 1. The third-order valence-corrected chi connectivity index (χ3v) is 1.58. The van der Waals surface area contributed by atoms with Crippen molar-refractivity contribution in [2.45, 2.75) is 26.9 Å². The van der Waals surface area contributed by atoms with Gasteiger partial charge in [0.2, 0.25) is 5.88 Å². The lowest BCUT2D eigenvalue weighted by Crippen LogP contribution is -2.07. The average Bonchev–Trinajstić information content (AvgIpc) is 2.20. The summed E-state index contributed by atoms with van der Waals surface area (Å²) in [5.74, 6) is 1.29. The van der Waals surface area contributed by atoms with Crippen LogP contribution in [0.3, 0.4) is 0 Å². The van der Waals surface area contributed by atoms with Crippen LogP contribution in [0.1, 0.15) is 20.8 Å². The van der Waals surface area contributed by atoms with Gasteiger partial charge in [-0.2, -0.15) is 0 Å². The van der Waals surface area contributed by atoms with Crippen LogP contribution in [0.5, 0.6) is 11.6 Å². The summed E-state index contributed by atoms with van der Waals surface area (Å²) in [7, 11) is 0. The smallest absolute Gasteiger partial charge is 0.213 e. The fraction of sp³-hybridized carbons (Fsp3) is 0.545. The van der Waals surface area contributed by atoms with E-state index in [9.17, 15) is 0 Å². The SMILES string of the molecule is CCOCOc1ccc(OC(C)C)nc1. The van der Waals surface area contributed by atoms with Gasteiger partial charge in [-0.05, 0) is 26.8 Å². The molecule has 0 atom stereocenters. The zero-order chi connectivity index (χ0) is 11.1. The number of aromatic nitrogens is 1. The minimum Gasteiger partial charge on any atom is -0.475 e. The maximum Gasteiger partial charge on any atom is 0.213 e. The third-order valence-electron chi connectivity index (χ3n) is 1.58. The number of ether oxygens (including phenoxy) is 3. The highest BCUT2D eigenvalue weighted by Gasteiger charge is 1.99. The molecule has 0 aliphatic rings. The number of hydrogen-bond acceptors (Lipinski definition) is 4. The van der Waals surface area contributed by atoms with E-state index in [-0.39, 0.29) is 12.9 Å². The lowest BCUT2D eigenvalue weighted by Gasteiger charge is -2.09. The Labute approximate surface area is 90.2 Å². The highest BCUT2D eigenvalue weighted by molar-refractivity contribution is 5.22. The molecule has 1 rings (SSSR count). The van der Waals surface area contributed by atoms with Crippen LogP contribution in [0.15, 0.2) is 18.3 Å². The number of hydrogen-bond donors (Lipinski definition) is 0. The van der Waals surface area contributed by atoms with Gasteiger partial charge in [0.15, 0.2) is 6.79 Å². The molecule has 0 radical (unpaired) electrons. The molecular formula is C11H17NO3. The van der Waals surface area contributed by atoms with Gasteiger partial charge < -0.3 is 14.2 Å². The predicted molar refractivity (Wildman–Crippen MR) is 57.1 cm³/mol. The van der Waals surface area contributed by atoms with Gasteiger partial charge in [0.1, 0.15) is 5.75 Å². The van der Waals surface area contributed by atoms with Crippen molar-refractivity contribution < 1.29 is 14.2 Å². The van der Waals surface area contributed by atoms with Gasteiger partial charge in [0, 0.05) is 12.7 Å². The molecule has 0 bridgehead atoms. The van der Waals surface area contributed by atoms with Crippen LogP contribution < -0.4 is 9.47 Å². The molecule has 0 spiro atoms. The number of nitrogens with zero attached hydrogens (tertiary/aromatic N) is 1. The van der Waals surface area contributed by atoms with E-state index >= 15 is 0 Å². The first kappa shape index (κ1) is 11.8. The van der Waals surface area contributed by atoms with E-state index in [2.05, 4.69) is 4.98 Å². The average molecular weight is 211 g/mol. The molecule has 15 heavy (non-hydrogen) atoms. The van der Waals surface area contributed by atoms with Crippen molar-refractivity contribution in [1.82, 2.24) is 4.98 Å². The van der Waals surface area contributed by atoms with Crippen molar-refractivity contribution in [3.8, 4) is 11.6 Å². The van der Waals surface area contributed by atoms with Gasteiger partial charge in [0.05, 0.1) is 12.3 Å². The van der Waals surface area contributed by atoms with Gasteiger partial charge in [-0.3, -0.25) is 0 Å². The van der Waals surface area contributed by atoms with E-state index in [1.807, 2.05) is 26.8 Å². The Bertz CT molecular complexity index is 272. The predicted octanol–water partition coefficient (Wildman–Crippen LogP) is 2.24. The van der Waals surface area contributed by atoms with Crippen LogP contribution >= 0.6 is 0 Å². The molecule has 0 N–H and O–H groups in total. The quantitative estimate of drug-likeness (QED) is 0.534. The van der Waals surface area contributed by atoms with Crippen molar-refractivity contribution in [3.05, 3.63) is 18.3 Å². The topological polar surface area (TPSA) is 40.6 Å². The zero-order valence-corrected chi connectivity index (χ0v) is 9.40. The third kappa shape index (κ3) is 4.65. The molecule has 84 valence electrons. The summed E-state index contributed by atoms with van der Waals surface area (Å²) >= 11 is 0.